The van der Waals surface area contributed by atoms with Crippen LogP contribution in [-0.2, 0) is 9.59 Å². The van der Waals surface area contributed by atoms with Crippen LogP contribution in [0.25, 0.3) is 0 Å². The summed E-state index contributed by atoms with van der Waals surface area (Å²) in [5.74, 6) is 0.284. The molecule has 1 aliphatic carbocycles. The quantitative estimate of drug-likeness (QED) is 0.793. The Balaban J connectivity index is 1.43. The Morgan fingerprint density at radius 1 is 0.783 bits per heavy atom. The molecule has 3 rings (SSSR count). The molecule has 0 aromatic heterocycles. The van der Waals surface area contributed by atoms with Gasteiger partial charge in [0, 0.05) is 58.2 Å². The topological polar surface area (TPSA) is 73.0 Å². The molecular formula is C16H26N4O3. The Kier molecular flexibility index (Phi) is 4.73. The number of hydrogen-bond acceptors (Lipinski definition) is 3. The Hall–Kier alpha value is -1.79. The van der Waals surface area contributed by atoms with Crippen molar-refractivity contribution in [1.82, 2.24) is 20.0 Å². The molecule has 7 heteroatoms. The first kappa shape index (κ1) is 16.1. The lowest BCUT2D eigenvalue weighted by molar-refractivity contribution is -0.142. The number of piperazine rings is 1. The summed E-state index contributed by atoms with van der Waals surface area (Å²) < 4.78 is 0. The van der Waals surface area contributed by atoms with Crippen LogP contribution in [0.15, 0.2) is 0 Å². The van der Waals surface area contributed by atoms with Crippen LogP contribution in [0, 0.1) is 5.92 Å². The van der Waals surface area contributed by atoms with Crippen LogP contribution in [-0.4, -0.2) is 77.9 Å². The molecule has 0 atom stereocenters. The molecule has 3 fully saturated rings. The number of amides is 4. The van der Waals surface area contributed by atoms with Crippen LogP contribution in [0.2, 0.25) is 0 Å². The van der Waals surface area contributed by atoms with Crippen molar-refractivity contribution in [3.63, 3.8) is 0 Å². The van der Waals surface area contributed by atoms with Gasteiger partial charge < -0.3 is 20.0 Å². The molecule has 2 heterocycles. The van der Waals surface area contributed by atoms with Gasteiger partial charge in [0.1, 0.15) is 0 Å². The van der Waals surface area contributed by atoms with Crippen molar-refractivity contribution in [2.75, 3.05) is 39.3 Å². The average molecular weight is 322 g/mol. The number of nitrogens with zero attached hydrogens (tertiary/aromatic N) is 3. The predicted octanol–water partition coefficient (Wildman–Crippen LogP) is 0.261. The van der Waals surface area contributed by atoms with E-state index in [4.69, 9.17) is 0 Å². The minimum Gasteiger partial charge on any atom is -0.339 e. The number of carbonyl (C=O) groups is 3. The molecule has 128 valence electrons. The Bertz CT molecular complexity index is 476. The normalized spacial score (nSPS) is 22.9. The molecule has 0 aromatic carbocycles. The molecule has 0 unspecified atom stereocenters. The molecule has 2 saturated heterocycles. The van der Waals surface area contributed by atoms with Crippen LogP contribution in [0.4, 0.5) is 4.79 Å². The molecule has 0 radical (unpaired) electrons. The third-order valence-electron chi connectivity index (χ3n) is 5.07. The SMILES string of the molecule is CC(=O)N1CCN(C(=O)C2CCN(C(=O)NC3CC3)CC2)CC1. The minimum absolute atomic E-state index is 0.0175. The van der Waals surface area contributed by atoms with Crippen LogP contribution in [0.1, 0.15) is 32.6 Å². The largest absolute Gasteiger partial charge is 0.339 e. The van der Waals surface area contributed by atoms with E-state index in [0.29, 0.717) is 45.3 Å². The minimum atomic E-state index is 0.0175. The lowest BCUT2D eigenvalue weighted by Gasteiger charge is -2.38. The second-order valence-electron chi connectivity index (χ2n) is 6.82. The summed E-state index contributed by atoms with van der Waals surface area (Å²) in [4.78, 5) is 41.4. The molecule has 0 spiro atoms. The number of likely N-dealkylation sites (tertiary alicyclic amines) is 1. The van der Waals surface area contributed by atoms with E-state index in [1.165, 1.54) is 0 Å². The van der Waals surface area contributed by atoms with Crippen molar-refractivity contribution < 1.29 is 14.4 Å². The smallest absolute Gasteiger partial charge is 0.317 e. The maximum Gasteiger partial charge on any atom is 0.317 e. The van der Waals surface area contributed by atoms with Gasteiger partial charge in [-0.15, -0.1) is 0 Å². The molecule has 23 heavy (non-hydrogen) atoms. The second-order valence-corrected chi connectivity index (χ2v) is 6.82. The van der Waals surface area contributed by atoms with Gasteiger partial charge >= 0.3 is 6.03 Å². The van der Waals surface area contributed by atoms with E-state index in [2.05, 4.69) is 5.32 Å². The standard InChI is InChI=1S/C16H26N4O3/c1-12(21)18-8-10-19(11-9-18)15(22)13-4-6-20(7-5-13)16(23)17-14-2-3-14/h13-14H,2-11H2,1H3,(H,17,23). The Morgan fingerprint density at radius 3 is 1.87 bits per heavy atom. The summed E-state index contributed by atoms with van der Waals surface area (Å²) in [5, 5.41) is 3.00. The summed E-state index contributed by atoms with van der Waals surface area (Å²) in [5.41, 5.74) is 0. The first-order valence-corrected chi connectivity index (χ1v) is 8.64. The van der Waals surface area contributed by atoms with Gasteiger partial charge in [0.25, 0.3) is 0 Å². The van der Waals surface area contributed by atoms with Crippen molar-refractivity contribution in [3.8, 4) is 0 Å². The van der Waals surface area contributed by atoms with Crippen LogP contribution < -0.4 is 5.32 Å². The zero-order valence-electron chi connectivity index (χ0n) is 13.8. The number of hydrogen-bond donors (Lipinski definition) is 1. The van der Waals surface area contributed by atoms with E-state index in [1.807, 2.05) is 9.80 Å². The van der Waals surface area contributed by atoms with Crippen molar-refractivity contribution in [3.05, 3.63) is 0 Å². The molecule has 1 saturated carbocycles. The zero-order valence-corrected chi connectivity index (χ0v) is 13.8. The van der Waals surface area contributed by atoms with Gasteiger partial charge in [0.2, 0.25) is 11.8 Å². The van der Waals surface area contributed by atoms with E-state index in [9.17, 15) is 14.4 Å². The van der Waals surface area contributed by atoms with E-state index < -0.39 is 0 Å². The van der Waals surface area contributed by atoms with E-state index in [0.717, 1.165) is 25.7 Å². The van der Waals surface area contributed by atoms with Gasteiger partial charge in [0.15, 0.2) is 0 Å². The predicted molar refractivity (Wildman–Crippen MR) is 84.7 cm³/mol. The van der Waals surface area contributed by atoms with Crippen LogP contribution in [0.5, 0.6) is 0 Å². The number of nitrogens with one attached hydrogen (secondary N) is 1. The molecule has 4 amide bonds. The average Bonchev–Trinajstić information content (AvgIpc) is 3.38. The van der Waals surface area contributed by atoms with Crippen molar-refractivity contribution in [2.45, 2.75) is 38.6 Å². The van der Waals surface area contributed by atoms with Crippen LogP contribution in [0.3, 0.4) is 0 Å². The number of piperidine rings is 1. The van der Waals surface area contributed by atoms with Gasteiger partial charge in [-0.1, -0.05) is 0 Å². The fourth-order valence-corrected chi connectivity index (χ4v) is 3.32. The highest BCUT2D eigenvalue weighted by atomic mass is 16.2. The highest BCUT2D eigenvalue weighted by Gasteiger charge is 2.33. The third kappa shape index (κ3) is 3.95. The molecule has 7 nitrogen and oxygen atoms in total. The van der Waals surface area contributed by atoms with Gasteiger partial charge in [-0.25, -0.2) is 4.79 Å². The summed E-state index contributed by atoms with van der Waals surface area (Å²) in [6.07, 6.45) is 3.66. The van der Waals surface area contributed by atoms with Crippen LogP contribution >= 0.6 is 0 Å². The highest BCUT2D eigenvalue weighted by molar-refractivity contribution is 5.80. The van der Waals surface area contributed by atoms with Gasteiger partial charge in [0.05, 0.1) is 0 Å². The number of carbonyl (C=O) groups excluding carboxylic acids is 3. The Morgan fingerprint density at radius 2 is 1.35 bits per heavy atom. The van der Waals surface area contributed by atoms with E-state index in [-0.39, 0.29) is 23.8 Å². The molecular weight excluding hydrogens is 296 g/mol. The van der Waals surface area contributed by atoms with Gasteiger partial charge in [-0.2, -0.15) is 0 Å². The highest BCUT2D eigenvalue weighted by Crippen LogP contribution is 2.23. The van der Waals surface area contributed by atoms with Gasteiger partial charge in [-0.05, 0) is 25.7 Å². The van der Waals surface area contributed by atoms with Crippen molar-refractivity contribution >= 4 is 17.8 Å². The molecule has 1 N–H and O–H groups in total. The monoisotopic (exact) mass is 322 g/mol. The lowest BCUT2D eigenvalue weighted by atomic mass is 9.95. The second kappa shape index (κ2) is 6.76. The summed E-state index contributed by atoms with van der Waals surface area (Å²) >= 11 is 0. The third-order valence-corrected chi connectivity index (χ3v) is 5.07. The lowest BCUT2D eigenvalue weighted by Crippen LogP contribution is -2.53. The zero-order chi connectivity index (χ0) is 16.4. The molecule has 2 aliphatic heterocycles. The summed E-state index contributed by atoms with van der Waals surface area (Å²) in [6.45, 7) is 5.39. The first-order chi connectivity index (χ1) is 11.0. The molecule has 0 aromatic rings. The van der Waals surface area contributed by atoms with Crippen molar-refractivity contribution in [1.29, 1.82) is 0 Å². The Labute approximate surface area is 137 Å². The molecule has 0 bridgehead atoms. The van der Waals surface area contributed by atoms with E-state index in [1.54, 1.807) is 11.8 Å². The first-order valence-electron chi connectivity index (χ1n) is 8.64. The fourth-order valence-electron chi connectivity index (χ4n) is 3.32. The summed E-state index contributed by atoms with van der Waals surface area (Å²) in [7, 11) is 0. The molecule has 3 aliphatic rings. The number of urea groups is 1. The summed E-state index contributed by atoms with van der Waals surface area (Å²) in [6, 6.07) is 0.396. The van der Waals surface area contributed by atoms with Crippen molar-refractivity contribution in [2.24, 2.45) is 5.92 Å². The maximum atomic E-state index is 12.6. The number of rotatable bonds is 2. The fraction of sp³-hybridized carbons (Fsp3) is 0.812. The van der Waals surface area contributed by atoms with E-state index >= 15 is 0 Å². The van der Waals surface area contributed by atoms with Gasteiger partial charge in [-0.3, -0.25) is 9.59 Å². The maximum absolute atomic E-state index is 12.6.